The van der Waals surface area contributed by atoms with E-state index < -0.39 is 4.92 Å². The van der Waals surface area contributed by atoms with Gasteiger partial charge < -0.3 is 15.0 Å². The van der Waals surface area contributed by atoms with E-state index in [1.807, 2.05) is 35.2 Å². The minimum absolute atomic E-state index is 0.0742. The summed E-state index contributed by atoms with van der Waals surface area (Å²) in [5, 5.41) is 22.4. The molecule has 32 heavy (non-hydrogen) atoms. The van der Waals surface area contributed by atoms with Gasteiger partial charge in [-0.3, -0.25) is 10.1 Å². The van der Waals surface area contributed by atoms with E-state index in [1.165, 1.54) is 17.8 Å². The summed E-state index contributed by atoms with van der Waals surface area (Å²) in [6.07, 6.45) is 0. The van der Waals surface area contributed by atoms with Crippen LogP contribution in [0.15, 0.2) is 57.1 Å². The summed E-state index contributed by atoms with van der Waals surface area (Å²) in [6, 6.07) is 12.5. The fraction of sp³-hybridized carbons (Fsp3) is 0.211. The first kappa shape index (κ1) is 20.1. The zero-order valence-electron chi connectivity index (χ0n) is 16.5. The van der Waals surface area contributed by atoms with Crippen LogP contribution in [-0.4, -0.2) is 56.5 Å². The molecule has 2 aromatic carbocycles. The van der Waals surface area contributed by atoms with Gasteiger partial charge in [-0.25, -0.2) is 4.63 Å². The van der Waals surface area contributed by atoms with Crippen molar-refractivity contribution in [2.75, 3.05) is 36.5 Å². The molecule has 3 heterocycles. The highest BCUT2D eigenvalue weighted by Gasteiger charge is 2.22. The Labute approximate surface area is 185 Å². The lowest BCUT2D eigenvalue weighted by atomic mass is 10.3. The van der Waals surface area contributed by atoms with Crippen LogP contribution in [-0.2, 0) is 4.74 Å². The van der Waals surface area contributed by atoms with E-state index in [4.69, 9.17) is 9.37 Å². The number of non-ortho nitro benzene ring substituents is 1. The van der Waals surface area contributed by atoms with Crippen LogP contribution >= 0.6 is 11.8 Å². The molecule has 0 saturated carbocycles. The van der Waals surface area contributed by atoms with Crippen LogP contribution in [0.25, 0.3) is 11.0 Å². The van der Waals surface area contributed by atoms with Crippen molar-refractivity contribution in [2.45, 2.75) is 10.1 Å². The third-order valence-electron chi connectivity index (χ3n) is 4.68. The summed E-state index contributed by atoms with van der Waals surface area (Å²) < 4.78 is 10.2. The quantitative estimate of drug-likeness (QED) is 0.339. The lowest BCUT2D eigenvalue weighted by Crippen LogP contribution is -2.37. The second-order valence-corrected chi connectivity index (χ2v) is 7.74. The average molecular weight is 452 g/mol. The SMILES string of the molecule is O=[N+]([O-])c1ccc(Sc2nc(Nc3ccccc3)nc(N3CCOCC3)n2)c2nonc12. The van der Waals surface area contributed by atoms with Crippen molar-refractivity contribution in [3.05, 3.63) is 52.6 Å². The molecule has 1 aliphatic rings. The number of para-hydroxylation sites is 1. The Morgan fingerprint density at radius 3 is 2.56 bits per heavy atom. The summed E-state index contributed by atoms with van der Waals surface area (Å²) in [7, 11) is 0. The highest BCUT2D eigenvalue weighted by Crippen LogP contribution is 2.35. The van der Waals surface area contributed by atoms with Gasteiger partial charge in [0.15, 0.2) is 10.7 Å². The van der Waals surface area contributed by atoms with Crippen LogP contribution in [0.2, 0.25) is 0 Å². The number of nitrogens with one attached hydrogen (secondary N) is 1. The zero-order chi connectivity index (χ0) is 21.9. The molecule has 1 saturated heterocycles. The van der Waals surface area contributed by atoms with Gasteiger partial charge in [-0.1, -0.05) is 18.2 Å². The molecule has 1 fully saturated rings. The van der Waals surface area contributed by atoms with Gasteiger partial charge in [-0.15, -0.1) is 0 Å². The molecule has 1 N–H and O–H groups in total. The normalized spacial score (nSPS) is 13.9. The smallest absolute Gasteiger partial charge is 0.300 e. The van der Waals surface area contributed by atoms with Gasteiger partial charge in [-0.05, 0) is 40.3 Å². The monoisotopic (exact) mass is 452 g/mol. The van der Waals surface area contributed by atoms with Gasteiger partial charge in [0.05, 0.1) is 18.1 Å². The standard InChI is InChI=1S/C19H16N8O4S/c28-27(29)13-6-7-14(16-15(13)24-31-25-16)32-19-22-17(20-12-4-2-1-3-5-12)21-18(23-19)26-8-10-30-11-9-26/h1-7H,8-11H2,(H,20,21,22,23). The summed E-state index contributed by atoms with van der Waals surface area (Å²) in [5.74, 6) is 0.896. The predicted octanol–water partition coefficient (Wildman–Crippen LogP) is 3.05. The zero-order valence-corrected chi connectivity index (χ0v) is 17.4. The van der Waals surface area contributed by atoms with Crippen LogP contribution in [0.3, 0.4) is 0 Å². The van der Waals surface area contributed by atoms with Crippen LogP contribution in [0.1, 0.15) is 0 Å². The number of nitro benzene ring substituents is 1. The first-order valence-electron chi connectivity index (χ1n) is 9.66. The molecule has 13 heteroatoms. The minimum atomic E-state index is -0.525. The van der Waals surface area contributed by atoms with Crippen molar-refractivity contribution in [3.63, 3.8) is 0 Å². The summed E-state index contributed by atoms with van der Waals surface area (Å²) in [6.45, 7) is 2.49. The molecule has 162 valence electrons. The molecular formula is C19H16N8O4S. The highest BCUT2D eigenvalue weighted by molar-refractivity contribution is 7.99. The molecule has 0 radical (unpaired) electrons. The first-order chi connectivity index (χ1) is 15.7. The van der Waals surface area contributed by atoms with Gasteiger partial charge in [0.25, 0.3) is 0 Å². The maximum atomic E-state index is 11.3. The lowest BCUT2D eigenvalue weighted by molar-refractivity contribution is -0.383. The van der Waals surface area contributed by atoms with E-state index in [-0.39, 0.29) is 16.7 Å². The molecule has 1 aliphatic heterocycles. The Balaban J connectivity index is 1.52. The second-order valence-electron chi connectivity index (χ2n) is 6.74. The molecule has 0 aliphatic carbocycles. The summed E-state index contributed by atoms with van der Waals surface area (Å²) >= 11 is 1.20. The van der Waals surface area contributed by atoms with Crippen LogP contribution in [0.4, 0.5) is 23.3 Å². The van der Waals surface area contributed by atoms with E-state index in [9.17, 15) is 10.1 Å². The van der Waals surface area contributed by atoms with Crippen molar-refractivity contribution in [2.24, 2.45) is 0 Å². The fourth-order valence-electron chi connectivity index (χ4n) is 3.16. The lowest BCUT2D eigenvalue weighted by Gasteiger charge is -2.27. The predicted molar refractivity (Wildman–Crippen MR) is 115 cm³/mol. The number of rotatable bonds is 6. The Hall–Kier alpha value is -3.84. The number of ether oxygens (including phenoxy) is 1. The third-order valence-corrected chi connectivity index (χ3v) is 5.60. The molecule has 12 nitrogen and oxygen atoms in total. The van der Waals surface area contributed by atoms with Gasteiger partial charge >= 0.3 is 5.69 Å². The minimum Gasteiger partial charge on any atom is -0.378 e. The number of fused-ring (bicyclic) bond motifs is 1. The van der Waals surface area contributed by atoms with Crippen molar-refractivity contribution >= 4 is 46.1 Å². The van der Waals surface area contributed by atoms with Gasteiger partial charge in [0, 0.05) is 29.7 Å². The maximum absolute atomic E-state index is 11.3. The Morgan fingerprint density at radius 2 is 1.78 bits per heavy atom. The summed E-state index contributed by atoms with van der Waals surface area (Å²) in [5.41, 5.74) is 1.00. The van der Waals surface area contributed by atoms with Gasteiger partial charge in [0.2, 0.25) is 17.4 Å². The third kappa shape index (κ3) is 4.15. The van der Waals surface area contributed by atoms with Crippen LogP contribution < -0.4 is 10.2 Å². The highest BCUT2D eigenvalue weighted by atomic mass is 32.2. The van der Waals surface area contributed by atoms with Crippen molar-refractivity contribution < 1.29 is 14.3 Å². The van der Waals surface area contributed by atoms with E-state index in [2.05, 4.69) is 30.6 Å². The van der Waals surface area contributed by atoms with Crippen LogP contribution in [0.5, 0.6) is 0 Å². The molecule has 2 aromatic heterocycles. The Bertz CT molecular complexity index is 1260. The number of nitro groups is 1. The molecule has 4 aromatic rings. The second kappa shape index (κ2) is 8.72. The maximum Gasteiger partial charge on any atom is 0.300 e. The topological polar surface area (TPSA) is 145 Å². The number of aromatic nitrogens is 5. The van der Waals surface area contributed by atoms with Crippen molar-refractivity contribution in [1.29, 1.82) is 0 Å². The van der Waals surface area contributed by atoms with Gasteiger partial charge in [0.1, 0.15) is 0 Å². The number of hydrogen-bond acceptors (Lipinski definition) is 12. The molecule has 0 unspecified atom stereocenters. The van der Waals surface area contributed by atoms with E-state index in [0.29, 0.717) is 48.3 Å². The number of benzene rings is 2. The fourth-order valence-corrected chi connectivity index (χ4v) is 3.98. The number of anilines is 3. The first-order valence-corrected chi connectivity index (χ1v) is 10.5. The molecular weight excluding hydrogens is 436 g/mol. The molecule has 5 rings (SSSR count). The molecule has 0 spiro atoms. The Kier molecular flexibility index (Phi) is 5.47. The summed E-state index contributed by atoms with van der Waals surface area (Å²) in [4.78, 5) is 27.0. The molecule has 0 amide bonds. The number of morpholine rings is 1. The number of nitrogens with zero attached hydrogens (tertiary/aromatic N) is 7. The number of hydrogen-bond donors (Lipinski definition) is 1. The van der Waals surface area contributed by atoms with E-state index >= 15 is 0 Å². The van der Waals surface area contributed by atoms with E-state index in [0.717, 1.165) is 5.69 Å². The molecule has 0 bridgehead atoms. The van der Waals surface area contributed by atoms with Gasteiger partial charge in [-0.2, -0.15) is 15.0 Å². The average Bonchev–Trinajstić information content (AvgIpc) is 3.31. The van der Waals surface area contributed by atoms with Crippen molar-refractivity contribution in [1.82, 2.24) is 25.3 Å². The van der Waals surface area contributed by atoms with Crippen LogP contribution in [0, 0.1) is 10.1 Å². The Morgan fingerprint density at radius 1 is 1.00 bits per heavy atom. The van der Waals surface area contributed by atoms with Crippen molar-refractivity contribution in [3.8, 4) is 0 Å². The largest absolute Gasteiger partial charge is 0.378 e. The van der Waals surface area contributed by atoms with E-state index in [1.54, 1.807) is 6.07 Å². The molecule has 0 atom stereocenters.